The average molecular weight is 249 g/mol. The number of likely N-dealkylation sites (tertiary alicyclic amines) is 1. The summed E-state index contributed by atoms with van der Waals surface area (Å²) in [7, 11) is 1.62. The van der Waals surface area contributed by atoms with Crippen LogP contribution in [0.5, 0.6) is 11.5 Å². The predicted octanol–water partition coefficient (Wildman–Crippen LogP) is 1.59. The summed E-state index contributed by atoms with van der Waals surface area (Å²) < 4.78 is 11.1. The minimum absolute atomic E-state index is 0.0760. The Morgan fingerprint density at radius 1 is 1.33 bits per heavy atom. The number of benzene rings is 1. The number of hydrogen-bond donors (Lipinski definition) is 1. The molecule has 0 aliphatic carbocycles. The zero-order valence-electron chi connectivity index (χ0n) is 10.6. The molecule has 0 bridgehead atoms. The molecule has 2 heterocycles. The molecule has 1 saturated heterocycles. The fourth-order valence-corrected chi connectivity index (χ4v) is 2.93. The standard InChI is InChI=1S/C14H19NO3/c1-17-12-6-4-5-10-13(16)11(9-18-14(10)12)15-7-2-3-8-15/h4-6,11,13,16H,2-3,7-9H2,1H3. The van der Waals surface area contributed by atoms with E-state index < -0.39 is 6.10 Å². The van der Waals surface area contributed by atoms with Crippen molar-refractivity contribution in [2.45, 2.75) is 25.0 Å². The maximum atomic E-state index is 10.5. The number of para-hydroxylation sites is 1. The number of methoxy groups -OCH3 is 1. The van der Waals surface area contributed by atoms with Gasteiger partial charge in [-0.1, -0.05) is 12.1 Å². The first kappa shape index (κ1) is 11.8. The van der Waals surface area contributed by atoms with Crippen LogP contribution in [0.1, 0.15) is 24.5 Å². The molecular formula is C14H19NO3. The molecule has 2 unspecified atom stereocenters. The fraction of sp³-hybridized carbons (Fsp3) is 0.571. The first-order chi connectivity index (χ1) is 8.81. The van der Waals surface area contributed by atoms with Crippen molar-refractivity contribution < 1.29 is 14.6 Å². The second-order valence-corrected chi connectivity index (χ2v) is 4.94. The molecule has 0 spiro atoms. The molecule has 1 N–H and O–H groups in total. The molecule has 2 aliphatic rings. The number of fused-ring (bicyclic) bond motifs is 1. The Bertz CT molecular complexity index is 429. The molecule has 4 heteroatoms. The maximum Gasteiger partial charge on any atom is 0.167 e. The van der Waals surface area contributed by atoms with Crippen LogP contribution in [-0.4, -0.2) is 42.9 Å². The summed E-state index contributed by atoms with van der Waals surface area (Å²) in [5.74, 6) is 1.40. The fourth-order valence-electron chi connectivity index (χ4n) is 2.93. The molecule has 0 aromatic heterocycles. The third-order valence-corrected chi connectivity index (χ3v) is 3.92. The highest BCUT2D eigenvalue weighted by Crippen LogP contribution is 2.40. The lowest BCUT2D eigenvalue weighted by molar-refractivity contribution is 0.0128. The first-order valence-corrected chi connectivity index (χ1v) is 6.53. The third-order valence-electron chi connectivity index (χ3n) is 3.92. The monoisotopic (exact) mass is 249 g/mol. The molecule has 3 rings (SSSR count). The highest BCUT2D eigenvalue weighted by Gasteiger charge is 2.35. The van der Waals surface area contributed by atoms with E-state index in [1.807, 2.05) is 18.2 Å². The summed E-state index contributed by atoms with van der Waals surface area (Å²) in [5, 5.41) is 10.5. The van der Waals surface area contributed by atoms with Crippen LogP contribution < -0.4 is 9.47 Å². The summed E-state index contributed by atoms with van der Waals surface area (Å²) in [6.45, 7) is 2.66. The van der Waals surface area contributed by atoms with Gasteiger partial charge in [-0.2, -0.15) is 0 Å². The van der Waals surface area contributed by atoms with Gasteiger partial charge in [-0.05, 0) is 32.0 Å². The van der Waals surface area contributed by atoms with Crippen LogP contribution in [-0.2, 0) is 0 Å². The molecule has 0 amide bonds. The highest BCUT2D eigenvalue weighted by atomic mass is 16.5. The lowest BCUT2D eigenvalue weighted by Crippen LogP contribution is -2.44. The Morgan fingerprint density at radius 2 is 2.11 bits per heavy atom. The number of hydrogen-bond acceptors (Lipinski definition) is 4. The third kappa shape index (κ3) is 1.85. The molecule has 1 fully saturated rings. The normalized spacial score (nSPS) is 27.7. The first-order valence-electron chi connectivity index (χ1n) is 6.53. The summed E-state index contributed by atoms with van der Waals surface area (Å²) >= 11 is 0. The van der Waals surface area contributed by atoms with E-state index in [9.17, 15) is 5.11 Å². The van der Waals surface area contributed by atoms with Gasteiger partial charge in [0.15, 0.2) is 11.5 Å². The van der Waals surface area contributed by atoms with Crippen molar-refractivity contribution in [2.24, 2.45) is 0 Å². The van der Waals surface area contributed by atoms with Crippen molar-refractivity contribution in [3.63, 3.8) is 0 Å². The van der Waals surface area contributed by atoms with E-state index in [0.717, 1.165) is 18.7 Å². The van der Waals surface area contributed by atoms with Gasteiger partial charge in [-0.15, -0.1) is 0 Å². The Balaban J connectivity index is 1.89. The molecule has 0 saturated carbocycles. The second-order valence-electron chi connectivity index (χ2n) is 4.94. The van der Waals surface area contributed by atoms with Crippen LogP contribution in [0.2, 0.25) is 0 Å². The van der Waals surface area contributed by atoms with Gasteiger partial charge in [0.25, 0.3) is 0 Å². The Hall–Kier alpha value is -1.26. The van der Waals surface area contributed by atoms with Crippen LogP contribution in [0.25, 0.3) is 0 Å². The van der Waals surface area contributed by atoms with E-state index in [2.05, 4.69) is 4.90 Å². The van der Waals surface area contributed by atoms with Crippen LogP contribution in [0.15, 0.2) is 18.2 Å². The minimum atomic E-state index is -0.484. The molecule has 0 radical (unpaired) electrons. The van der Waals surface area contributed by atoms with Crippen molar-refractivity contribution >= 4 is 0 Å². The van der Waals surface area contributed by atoms with Crippen molar-refractivity contribution in [1.29, 1.82) is 0 Å². The lowest BCUT2D eigenvalue weighted by atomic mass is 9.97. The second kappa shape index (κ2) is 4.78. The predicted molar refractivity (Wildman–Crippen MR) is 68.0 cm³/mol. The molecule has 98 valence electrons. The van der Waals surface area contributed by atoms with E-state index in [4.69, 9.17) is 9.47 Å². The van der Waals surface area contributed by atoms with E-state index in [-0.39, 0.29) is 6.04 Å². The van der Waals surface area contributed by atoms with E-state index in [0.29, 0.717) is 18.1 Å². The summed E-state index contributed by atoms with van der Waals surface area (Å²) in [5.41, 5.74) is 0.845. The van der Waals surface area contributed by atoms with Crippen molar-refractivity contribution in [3.8, 4) is 11.5 Å². The summed E-state index contributed by atoms with van der Waals surface area (Å²) in [6.07, 6.45) is 1.95. The maximum absolute atomic E-state index is 10.5. The van der Waals surface area contributed by atoms with Crippen LogP contribution in [0.3, 0.4) is 0 Å². The van der Waals surface area contributed by atoms with Gasteiger partial charge in [-0.3, -0.25) is 4.90 Å². The number of aliphatic hydroxyl groups is 1. The number of aliphatic hydroxyl groups excluding tert-OH is 1. The van der Waals surface area contributed by atoms with Crippen molar-refractivity contribution in [1.82, 2.24) is 4.90 Å². The SMILES string of the molecule is COc1cccc2c1OCC(N1CCCC1)C2O. The number of rotatable bonds is 2. The largest absolute Gasteiger partial charge is 0.493 e. The molecule has 1 aromatic rings. The van der Waals surface area contributed by atoms with Gasteiger partial charge >= 0.3 is 0 Å². The number of ether oxygens (including phenoxy) is 2. The summed E-state index contributed by atoms with van der Waals surface area (Å²) in [6, 6.07) is 5.76. The smallest absolute Gasteiger partial charge is 0.167 e. The van der Waals surface area contributed by atoms with Crippen LogP contribution >= 0.6 is 0 Å². The lowest BCUT2D eigenvalue weighted by Gasteiger charge is -2.36. The Labute approximate surface area is 107 Å². The highest BCUT2D eigenvalue weighted by molar-refractivity contribution is 5.49. The Morgan fingerprint density at radius 3 is 2.83 bits per heavy atom. The summed E-state index contributed by atoms with van der Waals surface area (Å²) in [4.78, 5) is 2.33. The molecule has 18 heavy (non-hydrogen) atoms. The zero-order valence-corrected chi connectivity index (χ0v) is 10.6. The van der Waals surface area contributed by atoms with E-state index in [1.54, 1.807) is 7.11 Å². The topological polar surface area (TPSA) is 41.9 Å². The van der Waals surface area contributed by atoms with Crippen molar-refractivity contribution in [3.05, 3.63) is 23.8 Å². The van der Waals surface area contributed by atoms with Gasteiger partial charge < -0.3 is 14.6 Å². The minimum Gasteiger partial charge on any atom is -0.493 e. The van der Waals surface area contributed by atoms with E-state index in [1.165, 1.54) is 12.8 Å². The number of nitrogens with zero attached hydrogens (tertiary/aromatic N) is 1. The van der Waals surface area contributed by atoms with Gasteiger partial charge in [0.2, 0.25) is 0 Å². The molecule has 2 aliphatic heterocycles. The van der Waals surface area contributed by atoms with Gasteiger partial charge in [0.05, 0.1) is 13.2 Å². The Kier molecular flexibility index (Phi) is 3.14. The molecule has 1 aromatic carbocycles. The average Bonchev–Trinajstić information content (AvgIpc) is 2.92. The van der Waals surface area contributed by atoms with Gasteiger partial charge in [-0.25, -0.2) is 0 Å². The van der Waals surface area contributed by atoms with Crippen LogP contribution in [0, 0.1) is 0 Å². The molecule has 2 atom stereocenters. The zero-order chi connectivity index (χ0) is 12.5. The van der Waals surface area contributed by atoms with Crippen LogP contribution in [0.4, 0.5) is 0 Å². The van der Waals surface area contributed by atoms with Gasteiger partial charge in [0, 0.05) is 5.56 Å². The quantitative estimate of drug-likeness (QED) is 0.864. The van der Waals surface area contributed by atoms with Crippen molar-refractivity contribution in [2.75, 3.05) is 26.8 Å². The molecular weight excluding hydrogens is 230 g/mol. The van der Waals surface area contributed by atoms with E-state index >= 15 is 0 Å². The molecule has 4 nitrogen and oxygen atoms in total. The van der Waals surface area contributed by atoms with Gasteiger partial charge in [0.1, 0.15) is 12.7 Å².